The number of carbonyl (C=O) groups is 3. The zero-order valence-corrected chi connectivity index (χ0v) is 22.5. The number of hydrogen-bond donors (Lipinski definition) is 4. The monoisotopic (exact) mass is 550 g/mol. The van der Waals surface area contributed by atoms with Crippen LogP contribution in [-0.4, -0.2) is 58.5 Å². The molecule has 0 aromatic heterocycles. The molecule has 0 bridgehead atoms. The maximum Gasteiger partial charge on any atom is 0.333 e. The van der Waals surface area contributed by atoms with Gasteiger partial charge in [0.25, 0.3) is 0 Å². The van der Waals surface area contributed by atoms with E-state index in [1.54, 1.807) is 24.3 Å². The Hall–Kier alpha value is -4.63. The first-order valence-corrected chi connectivity index (χ1v) is 12.6. The maximum absolute atomic E-state index is 12.6. The molecule has 0 amide bonds. The summed E-state index contributed by atoms with van der Waals surface area (Å²) in [6.45, 7) is 1.76. The Bertz CT molecular complexity index is 1300. The summed E-state index contributed by atoms with van der Waals surface area (Å²) in [5, 5.41) is 38.5. The normalized spacial score (nSPS) is 12.4. The molecule has 212 valence electrons. The molecule has 0 spiro atoms. The summed E-state index contributed by atoms with van der Waals surface area (Å²) in [5.41, 5.74) is 2.27. The van der Waals surface area contributed by atoms with Crippen LogP contribution < -0.4 is 0 Å². The van der Waals surface area contributed by atoms with E-state index >= 15 is 0 Å². The van der Waals surface area contributed by atoms with Gasteiger partial charge < -0.3 is 29.9 Å². The maximum atomic E-state index is 12.6. The van der Waals surface area contributed by atoms with Gasteiger partial charge in [-0.1, -0.05) is 24.3 Å². The highest BCUT2D eigenvalue weighted by Gasteiger charge is 2.15. The third-order valence-corrected chi connectivity index (χ3v) is 5.75. The molecular weight excluding hydrogens is 516 g/mol. The van der Waals surface area contributed by atoms with Crippen molar-refractivity contribution in [2.45, 2.75) is 32.6 Å². The van der Waals surface area contributed by atoms with Gasteiger partial charge in [0.1, 0.15) is 23.9 Å². The largest absolute Gasteiger partial charge is 0.508 e. The van der Waals surface area contributed by atoms with Gasteiger partial charge in [-0.2, -0.15) is 0 Å². The molecule has 0 fully saturated rings. The van der Waals surface area contributed by atoms with E-state index in [-0.39, 0.29) is 48.0 Å². The lowest BCUT2D eigenvalue weighted by Gasteiger charge is -2.07. The average molecular weight is 551 g/mol. The van der Waals surface area contributed by atoms with Gasteiger partial charge in [0.15, 0.2) is 5.78 Å². The second-order valence-electron chi connectivity index (χ2n) is 8.91. The van der Waals surface area contributed by atoms with Gasteiger partial charge >= 0.3 is 11.9 Å². The first-order chi connectivity index (χ1) is 19.1. The van der Waals surface area contributed by atoms with Crippen molar-refractivity contribution in [2.24, 2.45) is 0 Å². The van der Waals surface area contributed by atoms with E-state index < -0.39 is 17.7 Å². The van der Waals surface area contributed by atoms with Crippen LogP contribution in [0.3, 0.4) is 0 Å². The van der Waals surface area contributed by atoms with Crippen LogP contribution in [0.5, 0.6) is 17.2 Å². The average Bonchev–Trinajstić information content (AvgIpc) is 2.94. The molecule has 0 saturated carbocycles. The van der Waals surface area contributed by atoms with Gasteiger partial charge in [0.2, 0.25) is 0 Å². The number of aliphatic hydroxyl groups is 1. The molecular formula is C31H34O9. The second-order valence-corrected chi connectivity index (χ2v) is 8.91. The summed E-state index contributed by atoms with van der Waals surface area (Å²) < 4.78 is 9.98. The number of phenols is 3. The lowest BCUT2D eigenvalue weighted by molar-refractivity contribution is -0.137. The van der Waals surface area contributed by atoms with Crippen LogP contribution in [0.4, 0.5) is 0 Å². The van der Waals surface area contributed by atoms with E-state index in [0.29, 0.717) is 19.3 Å². The molecule has 0 aliphatic carbocycles. The Labute approximate surface area is 233 Å². The number of esters is 2. The number of rotatable bonds is 14. The molecule has 0 aliphatic rings. The van der Waals surface area contributed by atoms with Crippen molar-refractivity contribution in [2.75, 3.05) is 20.3 Å². The van der Waals surface area contributed by atoms with Gasteiger partial charge in [-0.15, -0.1) is 0 Å². The van der Waals surface area contributed by atoms with Gasteiger partial charge in [0.05, 0.1) is 19.3 Å². The SMILES string of the molecule is COC(=O)/C(=C\C(=O)c1cc(O)ccc1O)CC/C=C(\CO)CC/C=C(\C)COC(=O)/C=C/c1ccc(O)cc1. The van der Waals surface area contributed by atoms with Crippen LogP contribution in [0.15, 0.2) is 83.5 Å². The minimum absolute atomic E-state index is 0.0841. The summed E-state index contributed by atoms with van der Waals surface area (Å²) in [7, 11) is 1.19. The summed E-state index contributed by atoms with van der Waals surface area (Å²) in [6, 6.07) is 9.92. The zero-order valence-electron chi connectivity index (χ0n) is 22.5. The minimum atomic E-state index is -0.696. The number of methoxy groups -OCH3 is 1. The quantitative estimate of drug-likeness (QED) is 0.0857. The first-order valence-electron chi connectivity index (χ1n) is 12.6. The van der Waals surface area contributed by atoms with Crippen molar-refractivity contribution < 1.29 is 44.3 Å². The van der Waals surface area contributed by atoms with Crippen LogP contribution >= 0.6 is 0 Å². The van der Waals surface area contributed by atoms with Gasteiger partial charge in [0, 0.05) is 11.6 Å². The van der Waals surface area contributed by atoms with E-state index in [1.165, 1.54) is 37.5 Å². The van der Waals surface area contributed by atoms with Crippen molar-refractivity contribution >= 4 is 23.8 Å². The fourth-order valence-corrected chi connectivity index (χ4v) is 3.54. The highest BCUT2D eigenvalue weighted by atomic mass is 16.5. The highest BCUT2D eigenvalue weighted by molar-refractivity contribution is 6.10. The molecule has 2 aromatic rings. The molecule has 9 nitrogen and oxygen atoms in total. The molecule has 4 N–H and O–H groups in total. The molecule has 0 unspecified atom stereocenters. The first kappa shape index (κ1) is 31.6. The molecule has 0 radical (unpaired) electrons. The molecule has 2 rings (SSSR count). The van der Waals surface area contributed by atoms with Crippen molar-refractivity contribution in [3.63, 3.8) is 0 Å². The van der Waals surface area contributed by atoms with E-state index in [2.05, 4.69) is 0 Å². The van der Waals surface area contributed by atoms with Crippen LogP contribution in [0.2, 0.25) is 0 Å². The molecule has 0 atom stereocenters. The molecule has 9 heteroatoms. The predicted octanol–water partition coefficient (Wildman–Crippen LogP) is 4.77. The molecule has 0 aliphatic heterocycles. The van der Waals surface area contributed by atoms with E-state index in [9.17, 15) is 34.8 Å². The minimum Gasteiger partial charge on any atom is -0.508 e. The Balaban J connectivity index is 1.88. The number of hydrogen-bond acceptors (Lipinski definition) is 9. The Morgan fingerprint density at radius 1 is 0.900 bits per heavy atom. The van der Waals surface area contributed by atoms with Gasteiger partial charge in [-0.25, -0.2) is 9.59 Å². The van der Waals surface area contributed by atoms with Crippen molar-refractivity contribution in [1.29, 1.82) is 0 Å². The number of aliphatic hydroxyl groups excluding tert-OH is 1. The topological polar surface area (TPSA) is 151 Å². The molecule has 40 heavy (non-hydrogen) atoms. The zero-order chi connectivity index (χ0) is 29.5. The molecule has 0 saturated heterocycles. The van der Waals surface area contributed by atoms with Crippen molar-refractivity contribution in [3.8, 4) is 17.2 Å². The van der Waals surface area contributed by atoms with Crippen LogP contribution in [0, 0.1) is 0 Å². The van der Waals surface area contributed by atoms with Gasteiger partial charge in [-0.3, -0.25) is 4.79 Å². The van der Waals surface area contributed by atoms with Crippen molar-refractivity contribution in [3.05, 3.63) is 94.6 Å². The third kappa shape index (κ3) is 11.0. The van der Waals surface area contributed by atoms with E-state index in [4.69, 9.17) is 9.47 Å². The molecule has 0 heterocycles. The van der Waals surface area contributed by atoms with E-state index in [1.807, 2.05) is 13.0 Å². The predicted molar refractivity (Wildman–Crippen MR) is 150 cm³/mol. The highest BCUT2D eigenvalue weighted by Crippen LogP contribution is 2.24. The number of carbonyl (C=O) groups excluding carboxylic acids is 3. The van der Waals surface area contributed by atoms with Crippen LogP contribution in [0.1, 0.15) is 48.5 Å². The van der Waals surface area contributed by atoms with E-state index in [0.717, 1.165) is 28.9 Å². The number of allylic oxidation sites excluding steroid dienone is 3. The van der Waals surface area contributed by atoms with Crippen LogP contribution in [0.25, 0.3) is 6.08 Å². The summed E-state index contributed by atoms with van der Waals surface area (Å²) in [6.07, 6.45) is 9.29. The second kappa shape index (κ2) is 16.4. The third-order valence-electron chi connectivity index (χ3n) is 5.75. The summed E-state index contributed by atoms with van der Waals surface area (Å²) >= 11 is 0. The number of ketones is 1. The fraction of sp³-hybridized carbons (Fsp3) is 0.258. The Morgan fingerprint density at radius 3 is 2.25 bits per heavy atom. The smallest absolute Gasteiger partial charge is 0.333 e. The lowest BCUT2D eigenvalue weighted by Crippen LogP contribution is -2.08. The number of aromatic hydroxyl groups is 3. The molecule has 2 aromatic carbocycles. The standard InChI is InChI=1S/C31H34O9/c1-21(20-40-30(37)16-11-22-9-12-25(33)13-10-22)5-3-6-23(19-32)7-4-8-24(31(38)39-2)17-29(36)27-18-26(34)14-15-28(27)35/h5,7,9-18,32-35H,3-4,6,8,19-20H2,1-2H3/b16-11+,21-5+,23-7-,24-17-. The number of phenolic OH excluding ortho intramolecular Hbond substituents is 3. The number of benzene rings is 2. The Kier molecular flexibility index (Phi) is 12.9. The Morgan fingerprint density at radius 2 is 1.57 bits per heavy atom. The fourth-order valence-electron chi connectivity index (χ4n) is 3.54. The van der Waals surface area contributed by atoms with Crippen molar-refractivity contribution in [1.82, 2.24) is 0 Å². The van der Waals surface area contributed by atoms with Crippen LogP contribution in [-0.2, 0) is 19.1 Å². The summed E-state index contributed by atoms with van der Waals surface area (Å²) in [5.74, 6) is -2.23. The number of ether oxygens (including phenoxy) is 2. The summed E-state index contributed by atoms with van der Waals surface area (Å²) in [4.78, 5) is 36.7. The lowest BCUT2D eigenvalue weighted by atomic mass is 10.0. The van der Waals surface area contributed by atoms with Gasteiger partial charge in [-0.05, 0) is 91.8 Å².